The van der Waals surface area contributed by atoms with E-state index in [4.69, 9.17) is 9.47 Å². The molecule has 3 aromatic heterocycles. The van der Waals surface area contributed by atoms with E-state index in [-0.39, 0.29) is 72.5 Å². The van der Waals surface area contributed by atoms with E-state index in [1.54, 1.807) is 55.6 Å². The van der Waals surface area contributed by atoms with E-state index < -0.39 is 59.4 Å². The Balaban J connectivity index is 0.942. The Hall–Kier alpha value is -7.99. The molecular weight excluding hydrogens is 955 g/mol. The highest BCUT2D eigenvalue weighted by Gasteiger charge is 2.36. The van der Waals surface area contributed by atoms with Crippen LogP contribution in [0, 0.1) is 35.1 Å². The molecule has 6 aromatic rings. The zero-order valence-electron chi connectivity index (χ0n) is 41.2. The van der Waals surface area contributed by atoms with Crippen molar-refractivity contribution in [1.29, 1.82) is 5.26 Å². The normalized spacial score (nSPS) is 16.7. The Morgan fingerprint density at radius 1 is 0.767 bits per heavy atom. The minimum atomic E-state index is -1.12. The van der Waals surface area contributed by atoms with Crippen LogP contribution in [0.3, 0.4) is 0 Å². The fourth-order valence-corrected chi connectivity index (χ4v) is 10.2. The number of hydrazine groups is 1. The van der Waals surface area contributed by atoms with Gasteiger partial charge in [-0.15, -0.1) is 11.3 Å². The largest absolute Gasteiger partial charge is 0.496 e. The number of fused-ring (bicyclic) bond motifs is 3. The SMILES string of the molecule is COc1cccc2[nH]c(C(=O)N[C@@H](CC(C)C)C(=O)N[C@@H](C[C@@H]3CCNC3=O)C(=O)c3nc4ccc(COc5cccc6[nH]c(C(=O)N[C@@H](CC(C)C)C(=O)NN(C#N)CC7CCNC7=O)cc56)cc4s3)cc12. The zero-order chi connectivity index (χ0) is 51.9. The molecule has 2 saturated heterocycles. The Morgan fingerprint density at radius 3 is 1.93 bits per heavy atom. The number of methoxy groups -OCH3 is 1. The first kappa shape index (κ1) is 51.4. The Labute approximate surface area is 424 Å². The second-order valence-electron chi connectivity index (χ2n) is 19.3. The van der Waals surface area contributed by atoms with Crippen molar-refractivity contribution < 1.29 is 43.0 Å². The quantitative estimate of drug-likeness (QED) is 0.0194. The van der Waals surface area contributed by atoms with Crippen molar-refractivity contribution in [2.75, 3.05) is 26.7 Å². The van der Waals surface area contributed by atoms with E-state index in [0.29, 0.717) is 69.5 Å². The third kappa shape index (κ3) is 12.2. The summed E-state index contributed by atoms with van der Waals surface area (Å²) in [4.78, 5) is 105. The molecule has 20 nitrogen and oxygen atoms in total. The molecule has 3 aromatic carbocycles. The average Bonchev–Trinajstić information content (AvgIpc) is 4.23. The number of aromatic amines is 2. The van der Waals surface area contributed by atoms with E-state index in [9.17, 15) is 38.8 Å². The summed E-state index contributed by atoms with van der Waals surface area (Å²) in [6.07, 6.45) is 3.56. The molecule has 73 heavy (non-hydrogen) atoms. The van der Waals surface area contributed by atoms with Crippen molar-refractivity contribution in [3.05, 3.63) is 88.7 Å². The summed E-state index contributed by atoms with van der Waals surface area (Å²) in [6, 6.07) is 16.4. The lowest BCUT2D eigenvalue weighted by molar-refractivity contribution is -0.129. The van der Waals surface area contributed by atoms with Crippen molar-refractivity contribution in [3.8, 4) is 17.7 Å². The Kier molecular flexibility index (Phi) is 15.9. The van der Waals surface area contributed by atoms with Gasteiger partial charge in [0.05, 0.1) is 35.8 Å². The molecule has 8 rings (SSSR count). The first-order chi connectivity index (χ1) is 35.1. The number of nitriles is 1. The molecule has 5 heterocycles. The number of Topliss-reactive ketones (excluding diaryl/α,β-unsaturated/α-hetero) is 1. The third-order valence-electron chi connectivity index (χ3n) is 12.9. The number of aromatic nitrogens is 3. The highest BCUT2D eigenvalue weighted by molar-refractivity contribution is 7.20. The highest BCUT2D eigenvalue weighted by atomic mass is 32.1. The van der Waals surface area contributed by atoms with Crippen molar-refractivity contribution >= 4 is 84.6 Å². The molecule has 382 valence electrons. The van der Waals surface area contributed by atoms with Crippen LogP contribution < -0.4 is 41.5 Å². The van der Waals surface area contributed by atoms with E-state index in [1.165, 1.54) is 0 Å². The summed E-state index contributed by atoms with van der Waals surface area (Å²) in [7, 11) is 1.54. The number of nitrogens with one attached hydrogen (secondary N) is 8. The summed E-state index contributed by atoms with van der Waals surface area (Å²) >= 11 is 1.15. The number of carbonyl (C=O) groups is 7. The summed E-state index contributed by atoms with van der Waals surface area (Å²) in [5, 5.41) is 26.3. The molecule has 2 fully saturated rings. The number of nitrogens with zero attached hydrogens (tertiary/aromatic N) is 3. The molecule has 0 aliphatic carbocycles. The highest BCUT2D eigenvalue weighted by Crippen LogP contribution is 2.31. The number of amides is 6. The maximum atomic E-state index is 14.4. The fourth-order valence-electron chi connectivity index (χ4n) is 9.18. The number of H-pyrrole nitrogens is 2. The number of ketones is 1. The fraction of sp³-hybridized carbons (Fsp3) is 0.404. The maximum absolute atomic E-state index is 14.4. The minimum absolute atomic E-state index is 0.00491. The molecule has 6 amide bonds. The molecule has 0 spiro atoms. The predicted octanol–water partition coefficient (Wildman–Crippen LogP) is 4.98. The summed E-state index contributed by atoms with van der Waals surface area (Å²) in [5.74, 6) is -2.92. The Morgan fingerprint density at radius 2 is 1.36 bits per heavy atom. The van der Waals surface area contributed by atoms with Crippen LogP contribution in [-0.4, -0.2) is 106 Å². The van der Waals surface area contributed by atoms with Gasteiger partial charge < -0.3 is 46.0 Å². The number of thiazole rings is 1. The van der Waals surface area contributed by atoms with Crippen LogP contribution >= 0.6 is 11.3 Å². The number of carbonyl (C=O) groups excluding carboxylic acids is 7. The van der Waals surface area contributed by atoms with Gasteiger partial charge in [-0.05, 0) is 98.0 Å². The van der Waals surface area contributed by atoms with E-state index >= 15 is 0 Å². The Bertz CT molecular complexity index is 3120. The molecule has 0 bridgehead atoms. The number of benzene rings is 3. The van der Waals surface area contributed by atoms with Gasteiger partial charge in [0, 0.05) is 40.8 Å². The van der Waals surface area contributed by atoms with Crippen molar-refractivity contribution in [2.24, 2.45) is 23.7 Å². The first-order valence-electron chi connectivity index (χ1n) is 24.4. The molecule has 2 aliphatic rings. The maximum Gasteiger partial charge on any atom is 0.268 e. The lowest BCUT2D eigenvalue weighted by Gasteiger charge is -2.24. The monoisotopic (exact) mass is 1010 g/mol. The summed E-state index contributed by atoms with van der Waals surface area (Å²) in [5.41, 5.74) is 5.60. The lowest BCUT2D eigenvalue weighted by atomic mass is 9.95. The predicted molar refractivity (Wildman–Crippen MR) is 272 cm³/mol. The van der Waals surface area contributed by atoms with E-state index in [1.807, 2.05) is 52.1 Å². The van der Waals surface area contributed by atoms with Crippen LogP contribution in [0.4, 0.5) is 0 Å². The van der Waals surface area contributed by atoms with Gasteiger partial charge in [0.25, 0.3) is 17.7 Å². The van der Waals surface area contributed by atoms with Crippen LogP contribution in [0.1, 0.15) is 96.1 Å². The molecule has 0 saturated carbocycles. The van der Waals surface area contributed by atoms with E-state index in [0.717, 1.165) is 21.9 Å². The zero-order valence-corrected chi connectivity index (χ0v) is 42.0. The number of ether oxygens (including phenoxy) is 2. The van der Waals surface area contributed by atoms with Gasteiger partial charge in [-0.2, -0.15) is 5.26 Å². The average molecular weight is 1010 g/mol. The molecule has 0 radical (unpaired) electrons. The second-order valence-corrected chi connectivity index (χ2v) is 20.4. The number of hydrogen-bond acceptors (Lipinski definition) is 13. The molecule has 2 aliphatic heterocycles. The van der Waals surface area contributed by atoms with Gasteiger partial charge in [0.1, 0.15) is 41.6 Å². The van der Waals surface area contributed by atoms with Gasteiger partial charge in [-0.3, -0.25) is 39.0 Å². The van der Waals surface area contributed by atoms with E-state index in [2.05, 4.69) is 47.0 Å². The van der Waals surface area contributed by atoms with Crippen molar-refractivity contribution in [3.63, 3.8) is 0 Å². The van der Waals surface area contributed by atoms with Crippen LogP contribution in [0.15, 0.2) is 66.7 Å². The number of hydrogen-bond donors (Lipinski definition) is 8. The number of rotatable bonds is 22. The van der Waals surface area contributed by atoms with Crippen molar-refractivity contribution in [1.82, 2.24) is 52.0 Å². The minimum Gasteiger partial charge on any atom is -0.496 e. The van der Waals surface area contributed by atoms with Gasteiger partial charge >= 0.3 is 0 Å². The topological polar surface area (TPSA) is 282 Å². The van der Waals surface area contributed by atoms with Gasteiger partial charge in [-0.1, -0.05) is 45.9 Å². The van der Waals surface area contributed by atoms with Crippen LogP contribution in [0.2, 0.25) is 0 Å². The summed E-state index contributed by atoms with van der Waals surface area (Å²) < 4.78 is 12.4. The third-order valence-corrected chi connectivity index (χ3v) is 14.0. The van der Waals surface area contributed by atoms with Crippen molar-refractivity contribution in [2.45, 2.75) is 84.5 Å². The van der Waals surface area contributed by atoms with Gasteiger partial charge in [0.15, 0.2) is 11.2 Å². The molecular formula is C52H59N11O9S. The standard InChI is InChI=1S/C52H59N11O9S/c1-27(2)18-38(59-49(68)40-22-32-34(56-40)8-6-10-42(32)71-5)48(67)58-37(21-30-14-16-54-46(30)65)45(64)52-61-36-13-12-29(20-44(36)73-52)25-72-43-11-7-9-35-33(43)23-41(57-35)50(69)60-39(19-28(3)4)51(70)62-63(26-53)24-31-15-17-55-47(31)66/h6-13,20,22-23,27-28,30-31,37-39,56-57H,14-19,21,24-25H2,1-5H3,(H,54,65)(H,55,66)(H,58,67)(H,59,68)(H,60,69)(H,62,70)/t30-,31?,37-,38-,39-/m0/s1. The molecule has 5 atom stereocenters. The first-order valence-corrected chi connectivity index (χ1v) is 25.2. The van der Waals surface area contributed by atoms with Gasteiger partial charge in [-0.25, -0.2) is 9.99 Å². The second kappa shape index (κ2) is 22.6. The van der Waals surface area contributed by atoms with Crippen LogP contribution in [0.5, 0.6) is 11.5 Å². The smallest absolute Gasteiger partial charge is 0.268 e. The molecule has 21 heteroatoms. The van der Waals surface area contributed by atoms with Gasteiger partial charge in [0.2, 0.25) is 23.5 Å². The molecule has 1 unspecified atom stereocenters. The van der Waals surface area contributed by atoms with Crippen LogP contribution in [-0.2, 0) is 25.8 Å². The lowest BCUT2D eigenvalue weighted by Crippen LogP contribution is -2.52. The molecule has 8 N–H and O–H groups in total. The summed E-state index contributed by atoms with van der Waals surface area (Å²) in [6.45, 7) is 8.75. The van der Waals surface area contributed by atoms with Crippen LogP contribution in [0.25, 0.3) is 32.0 Å².